The summed E-state index contributed by atoms with van der Waals surface area (Å²) < 4.78 is 0. The molecule has 0 nitrogen and oxygen atoms in total. The summed E-state index contributed by atoms with van der Waals surface area (Å²) in [5, 5.41) is 0. The first kappa shape index (κ1) is 18.1. The van der Waals surface area contributed by atoms with Gasteiger partial charge in [0.25, 0.3) is 0 Å². The molecule has 0 amide bonds. The molecular weight excluding hydrogens is 240 g/mol. The average Bonchev–Trinajstić information content (AvgIpc) is 3.05. The van der Waals surface area contributed by atoms with Crippen molar-refractivity contribution < 1.29 is 0 Å². The smallest absolute Gasteiger partial charge is 0.0443 e. The van der Waals surface area contributed by atoms with Gasteiger partial charge in [-0.1, -0.05) is 122 Å². The van der Waals surface area contributed by atoms with E-state index in [1.54, 1.807) is 0 Å². The Morgan fingerprint density at radius 3 is 0.700 bits per heavy atom. The molecule has 0 heterocycles. The first-order valence-corrected chi connectivity index (χ1v) is 9.89. The highest BCUT2D eigenvalue weighted by molar-refractivity contribution is 4.59. The Morgan fingerprint density at radius 2 is 0.550 bits per heavy atom. The van der Waals surface area contributed by atoms with Crippen molar-refractivity contribution in [2.24, 2.45) is 5.92 Å². The van der Waals surface area contributed by atoms with Gasteiger partial charge in [-0.05, 0) is 5.92 Å². The van der Waals surface area contributed by atoms with Crippen LogP contribution in [-0.2, 0) is 0 Å². The second kappa shape index (κ2) is 14.0. The Morgan fingerprint density at radius 1 is 0.350 bits per heavy atom. The lowest BCUT2D eigenvalue weighted by Crippen LogP contribution is -1.99. The van der Waals surface area contributed by atoms with Crippen LogP contribution in [0, 0.1) is 5.92 Å². The molecule has 4 rings (SSSR count). The van der Waals surface area contributed by atoms with Gasteiger partial charge in [0.1, 0.15) is 0 Å². The summed E-state index contributed by atoms with van der Waals surface area (Å²) in [4.78, 5) is 0. The molecule has 0 atom stereocenters. The van der Waals surface area contributed by atoms with Gasteiger partial charge in [0.15, 0.2) is 0 Å². The monoisotopic (exact) mass is 280 g/mol. The van der Waals surface area contributed by atoms with Crippen molar-refractivity contribution in [2.45, 2.75) is 122 Å². The molecule has 20 heavy (non-hydrogen) atoms. The molecule has 4 aliphatic rings. The number of hydrogen-bond donors (Lipinski definition) is 0. The van der Waals surface area contributed by atoms with Crippen molar-refractivity contribution in [3.63, 3.8) is 0 Å². The first-order chi connectivity index (χ1) is 9.89. The molecule has 0 spiro atoms. The Hall–Kier alpha value is 0. The highest BCUT2D eigenvalue weighted by Gasteiger charge is 2.05. The molecule has 4 aliphatic carbocycles. The lowest BCUT2D eigenvalue weighted by molar-refractivity contribution is 0.385. The van der Waals surface area contributed by atoms with E-state index in [1.807, 2.05) is 0 Å². The minimum Gasteiger partial charge on any atom is -0.0625 e. The Balaban J connectivity index is 0.000000138. The molecule has 0 heteroatoms. The molecule has 120 valence electrons. The zero-order chi connectivity index (χ0) is 14.3. The van der Waals surface area contributed by atoms with Crippen molar-refractivity contribution >= 4 is 0 Å². The standard InChI is InChI=1S/C7H14.2C5H10.C3H6/c1-7-5-3-2-4-6-7;2*1-2-4-5-3-1;1-2-3-1/h7H,2-6H2,1H3;2*1-5H2;1-3H2. The fourth-order valence-corrected chi connectivity index (χ4v) is 3.07. The van der Waals surface area contributed by atoms with Crippen molar-refractivity contribution in [1.82, 2.24) is 0 Å². The molecule has 0 aromatic carbocycles. The normalized spacial score (nSPS) is 24.4. The number of hydrogen-bond acceptors (Lipinski definition) is 0. The van der Waals surface area contributed by atoms with Gasteiger partial charge in [0.2, 0.25) is 0 Å². The van der Waals surface area contributed by atoms with E-state index in [4.69, 9.17) is 0 Å². The molecule has 4 saturated carbocycles. The summed E-state index contributed by atoms with van der Waals surface area (Å²) in [7, 11) is 0. The second-order valence-corrected chi connectivity index (χ2v) is 7.34. The lowest BCUT2D eigenvalue weighted by atomic mass is 9.91. The molecule has 0 saturated heterocycles. The summed E-state index contributed by atoms with van der Waals surface area (Å²) in [6.07, 6.45) is 26.9. The maximum Gasteiger partial charge on any atom is -0.0443 e. The van der Waals surface area contributed by atoms with Gasteiger partial charge in [-0.25, -0.2) is 0 Å². The van der Waals surface area contributed by atoms with E-state index in [9.17, 15) is 0 Å². The fourth-order valence-electron chi connectivity index (χ4n) is 3.07. The third-order valence-electron chi connectivity index (χ3n) is 4.75. The van der Waals surface area contributed by atoms with Crippen LogP contribution >= 0.6 is 0 Å². The summed E-state index contributed by atoms with van der Waals surface area (Å²) in [5.41, 5.74) is 0. The average molecular weight is 281 g/mol. The van der Waals surface area contributed by atoms with Crippen LogP contribution in [0.3, 0.4) is 0 Å². The first-order valence-electron chi connectivity index (χ1n) is 9.89. The Kier molecular flexibility index (Phi) is 12.6. The van der Waals surface area contributed by atoms with Crippen LogP contribution in [0.15, 0.2) is 0 Å². The number of rotatable bonds is 0. The summed E-state index contributed by atoms with van der Waals surface area (Å²) in [6, 6.07) is 0. The molecule has 0 unspecified atom stereocenters. The Bertz CT molecular complexity index is 141. The van der Waals surface area contributed by atoms with E-state index in [0.717, 1.165) is 5.92 Å². The molecule has 0 radical (unpaired) electrons. The fraction of sp³-hybridized carbons (Fsp3) is 1.00. The third kappa shape index (κ3) is 14.4. The highest BCUT2D eigenvalue weighted by atomic mass is 14.1. The minimum atomic E-state index is 1.04. The van der Waals surface area contributed by atoms with Crippen molar-refractivity contribution in [3.8, 4) is 0 Å². The van der Waals surface area contributed by atoms with Crippen LogP contribution in [0.5, 0.6) is 0 Å². The summed E-state index contributed by atoms with van der Waals surface area (Å²) >= 11 is 0. The van der Waals surface area contributed by atoms with E-state index < -0.39 is 0 Å². The molecular formula is C20H40. The molecule has 0 bridgehead atoms. The summed E-state index contributed by atoms with van der Waals surface area (Å²) in [5.74, 6) is 1.04. The lowest BCUT2D eigenvalue weighted by Gasteiger charge is -2.15. The minimum absolute atomic E-state index is 1.04. The van der Waals surface area contributed by atoms with E-state index in [-0.39, 0.29) is 0 Å². The van der Waals surface area contributed by atoms with Crippen molar-refractivity contribution in [2.75, 3.05) is 0 Å². The second-order valence-electron chi connectivity index (χ2n) is 7.34. The van der Waals surface area contributed by atoms with Gasteiger partial charge >= 0.3 is 0 Å². The van der Waals surface area contributed by atoms with Crippen molar-refractivity contribution in [3.05, 3.63) is 0 Å². The van der Waals surface area contributed by atoms with Gasteiger partial charge < -0.3 is 0 Å². The SMILES string of the molecule is C1CC1.C1CCCC1.C1CCCC1.CC1CCCCC1. The van der Waals surface area contributed by atoms with Crippen LogP contribution < -0.4 is 0 Å². The van der Waals surface area contributed by atoms with E-state index >= 15 is 0 Å². The van der Waals surface area contributed by atoms with Gasteiger partial charge in [-0.15, -0.1) is 0 Å². The van der Waals surface area contributed by atoms with Crippen LogP contribution in [0.2, 0.25) is 0 Å². The zero-order valence-electron chi connectivity index (χ0n) is 14.3. The molecule has 0 aromatic heterocycles. The largest absolute Gasteiger partial charge is 0.0625 e. The predicted octanol–water partition coefficient (Wildman–Crippen LogP) is 7.66. The van der Waals surface area contributed by atoms with Crippen molar-refractivity contribution in [1.29, 1.82) is 0 Å². The van der Waals surface area contributed by atoms with Crippen LogP contribution in [0.1, 0.15) is 122 Å². The summed E-state index contributed by atoms with van der Waals surface area (Å²) in [6.45, 7) is 2.36. The van der Waals surface area contributed by atoms with E-state index in [0.29, 0.717) is 0 Å². The van der Waals surface area contributed by atoms with Crippen LogP contribution in [-0.4, -0.2) is 0 Å². The Labute approximate surface area is 129 Å². The molecule has 0 aliphatic heterocycles. The van der Waals surface area contributed by atoms with Crippen LogP contribution in [0.25, 0.3) is 0 Å². The van der Waals surface area contributed by atoms with E-state index in [2.05, 4.69) is 6.92 Å². The van der Waals surface area contributed by atoms with Crippen LogP contribution in [0.4, 0.5) is 0 Å². The maximum atomic E-state index is 2.36. The van der Waals surface area contributed by atoms with Gasteiger partial charge in [-0.2, -0.15) is 0 Å². The molecule has 0 N–H and O–H groups in total. The van der Waals surface area contributed by atoms with Gasteiger partial charge in [0, 0.05) is 0 Å². The van der Waals surface area contributed by atoms with Gasteiger partial charge in [0.05, 0.1) is 0 Å². The van der Waals surface area contributed by atoms with E-state index in [1.165, 1.54) is 116 Å². The quantitative estimate of drug-likeness (QED) is 0.427. The topological polar surface area (TPSA) is 0 Å². The molecule has 4 fully saturated rings. The van der Waals surface area contributed by atoms with Gasteiger partial charge in [-0.3, -0.25) is 0 Å². The highest BCUT2D eigenvalue weighted by Crippen LogP contribution is 2.22. The maximum absolute atomic E-state index is 2.36. The molecule has 0 aromatic rings. The zero-order valence-corrected chi connectivity index (χ0v) is 14.3. The predicted molar refractivity (Wildman–Crippen MR) is 92.3 cm³/mol. The third-order valence-corrected chi connectivity index (χ3v) is 4.75.